The molecule has 22 heavy (non-hydrogen) atoms. The molecule has 0 aliphatic rings. The van der Waals surface area contributed by atoms with Crippen molar-refractivity contribution in [1.82, 2.24) is 9.97 Å². The molecule has 0 saturated heterocycles. The molecule has 0 atom stereocenters. The summed E-state index contributed by atoms with van der Waals surface area (Å²) in [5.41, 5.74) is 3.27. The summed E-state index contributed by atoms with van der Waals surface area (Å²) >= 11 is 0. The van der Waals surface area contributed by atoms with E-state index in [1.165, 1.54) is 0 Å². The second kappa shape index (κ2) is 5.56. The van der Waals surface area contributed by atoms with Crippen molar-refractivity contribution in [2.45, 2.75) is 19.8 Å². The summed E-state index contributed by atoms with van der Waals surface area (Å²) in [6.45, 7) is 4.16. The third-order valence-corrected chi connectivity index (χ3v) is 3.66. The van der Waals surface area contributed by atoms with Gasteiger partial charge in [0.05, 0.1) is 22.5 Å². The van der Waals surface area contributed by atoms with Crippen molar-refractivity contribution in [1.29, 1.82) is 0 Å². The fourth-order valence-electron chi connectivity index (χ4n) is 2.42. The maximum Gasteiger partial charge on any atom is 0.336 e. The molecule has 1 aromatic carbocycles. The van der Waals surface area contributed by atoms with Gasteiger partial charge in [0, 0.05) is 11.6 Å². The number of carboxylic acid groups (broad SMARTS) is 1. The van der Waals surface area contributed by atoms with Crippen LogP contribution in [0.25, 0.3) is 22.3 Å². The first-order chi connectivity index (χ1) is 10.6. The molecule has 1 N–H and O–H groups in total. The van der Waals surface area contributed by atoms with E-state index in [0.717, 1.165) is 5.56 Å². The monoisotopic (exact) mass is 292 g/mol. The number of hydrogen-bond donors (Lipinski definition) is 1. The minimum atomic E-state index is -0.953. The molecule has 0 saturated carbocycles. The highest BCUT2D eigenvalue weighted by Gasteiger charge is 2.14. The van der Waals surface area contributed by atoms with E-state index >= 15 is 0 Å². The van der Waals surface area contributed by atoms with E-state index < -0.39 is 5.97 Å². The Morgan fingerprint density at radius 1 is 1.09 bits per heavy atom. The normalized spacial score (nSPS) is 11.0. The van der Waals surface area contributed by atoms with Gasteiger partial charge < -0.3 is 5.11 Å². The molecule has 110 valence electrons. The molecule has 0 radical (unpaired) electrons. The molecule has 0 unspecified atom stereocenters. The van der Waals surface area contributed by atoms with Crippen molar-refractivity contribution in [2.75, 3.05) is 0 Å². The molecule has 0 aliphatic carbocycles. The maximum atomic E-state index is 11.6. The van der Waals surface area contributed by atoms with Crippen LogP contribution in [0.15, 0.2) is 48.7 Å². The van der Waals surface area contributed by atoms with Crippen LogP contribution in [0.4, 0.5) is 0 Å². The molecule has 0 amide bonds. The van der Waals surface area contributed by atoms with Crippen molar-refractivity contribution in [2.24, 2.45) is 0 Å². The standard InChI is InChI=1S/C18H16N2O2/c1-11(2)12-6-7-15-13(9-12)14(18(21)22)10-17(20-15)16-5-3-4-8-19-16/h3-11H,1-2H3,(H,21,22). The van der Waals surface area contributed by atoms with E-state index in [2.05, 4.69) is 23.8 Å². The van der Waals surface area contributed by atoms with Crippen LogP contribution in [0.2, 0.25) is 0 Å². The lowest BCUT2D eigenvalue weighted by Gasteiger charge is -2.10. The molecule has 3 aromatic rings. The van der Waals surface area contributed by atoms with Crippen LogP contribution < -0.4 is 0 Å². The van der Waals surface area contributed by atoms with Gasteiger partial charge in [-0.2, -0.15) is 0 Å². The van der Waals surface area contributed by atoms with Crippen LogP contribution in [0.1, 0.15) is 35.7 Å². The first-order valence-electron chi connectivity index (χ1n) is 7.15. The number of pyridine rings is 2. The summed E-state index contributed by atoms with van der Waals surface area (Å²) in [5, 5.41) is 10.2. The zero-order chi connectivity index (χ0) is 15.7. The molecular weight excluding hydrogens is 276 g/mol. The molecule has 4 nitrogen and oxygen atoms in total. The lowest BCUT2D eigenvalue weighted by Crippen LogP contribution is -2.01. The quantitative estimate of drug-likeness (QED) is 0.788. The molecule has 3 rings (SSSR count). The summed E-state index contributed by atoms with van der Waals surface area (Å²) in [4.78, 5) is 20.4. The molecular formula is C18H16N2O2. The number of aromatic carboxylic acids is 1. The fourth-order valence-corrected chi connectivity index (χ4v) is 2.42. The maximum absolute atomic E-state index is 11.6. The van der Waals surface area contributed by atoms with Crippen molar-refractivity contribution in [3.63, 3.8) is 0 Å². The highest BCUT2D eigenvalue weighted by atomic mass is 16.4. The van der Waals surface area contributed by atoms with Gasteiger partial charge in [-0.3, -0.25) is 4.98 Å². The SMILES string of the molecule is CC(C)c1ccc2nc(-c3ccccn3)cc(C(=O)O)c2c1. The Morgan fingerprint density at radius 3 is 2.55 bits per heavy atom. The van der Waals surface area contributed by atoms with Gasteiger partial charge in [-0.1, -0.05) is 26.0 Å². The first-order valence-corrected chi connectivity index (χ1v) is 7.15. The first kappa shape index (κ1) is 14.2. The minimum absolute atomic E-state index is 0.258. The van der Waals surface area contributed by atoms with Crippen LogP contribution in [0.5, 0.6) is 0 Å². The number of fused-ring (bicyclic) bond motifs is 1. The van der Waals surface area contributed by atoms with Crippen LogP contribution in [-0.4, -0.2) is 21.0 Å². The Balaban J connectivity index is 2.27. The Morgan fingerprint density at radius 2 is 1.91 bits per heavy atom. The van der Waals surface area contributed by atoms with Crippen molar-refractivity contribution in [3.05, 3.63) is 59.8 Å². The smallest absolute Gasteiger partial charge is 0.336 e. The average molecular weight is 292 g/mol. The molecule has 0 bridgehead atoms. The molecule has 4 heteroatoms. The lowest BCUT2D eigenvalue weighted by atomic mass is 9.98. The number of aromatic nitrogens is 2. The van der Waals surface area contributed by atoms with Gasteiger partial charge in [0.25, 0.3) is 0 Å². The number of benzene rings is 1. The minimum Gasteiger partial charge on any atom is -0.478 e. The third-order valence-electron chi connectivity index (χ3n) is 3.66. The number of hydrogen-bond acceptors (Lipinski definition) is 3. The Bertz CT molecular complexity index is 842. The summed E-state index contributed by atoms with van der Waals surface area (Å²) in [6, 6.07) is 12.9. The molecule has 0 spiro atoms. The van der Waals surface area contributed by atoms with Gasteiger partial charge in [-0.15, -0.1) is 0 Å². The lowest BCUT2D eigenvalue weighted by molar-refractivity contribution is 0.0699. The van der Waals surface area contributed by atoms with E-state index in [-0.39, 0.29) is 5.56 Å². The van der Waals surface area contributed by atoms with E-state index in [1.807, 2.05) is 36.4 Å². The van der Waals surface area contributed by atoms with Gasteiger partial charge in [-0.05, 0) is 41.8 Å². The second-order valence-electron chi connectivity index (χ2n) is 5.51. The fraction of sp³-hybridized carbons (Fsp3) is 0.167. The predicted octanol–water partition coefficient (Wildman–Crippen LogP) is 4.12. The topological polar surface area (TPSA) is 63.1 Å². The summed E-state index contributed by atoms with van der Waals surface area (Å²) in [5.74, 6) is -0.619. The summed E-state index contributed by atoms with van der Waals surface area (Å²) in [6.07, 6.45) is 1.67. The van der Waals surface area contributed by atoms with Gasteiger partial charge in [0.1, 0.15) is 0 Å². The van der Waals surface area contributed by atoms with E-state index in [9.17, 15) is 9.90 Å². The Kier molecular flexibility index (Phi) is 3.59. The largest absolute Gasteiger partial charge is 0.478 e. The molecule has 2 aromatic heterocycles. The predicted molar refractivity (Wildman–Crippen MR) is 86.0 cm³/mol. The number of nitrogens with zero attached hydrogens (tertiary/aromatic N) is 2. The highest BCUT2D eigenvalue weighted by Crippen LogP contribution is 2.27. The van der Waals surface area contributed by atoms with Gasteiger partial charge in [0.15, 0.2) is 0 Å². The van der Waals surface area contributed by atoms with Crippen LogP contribution in [0, 0.1) is 0 Å². The third kappa shape index (κ3) is 2.55. The van der Waals surface area contributed by atoms with Crippen LogP contribution in [-0.2, 0) is 0 Å². The Labute approximate surface area is 128 Å². The van der Waals surface area contributed by atoms with Crippen molar-refractivity contribution < 1.29 is 9.90 Å². The number of carboxylic acids is 1. The van der Waals surface area contributed by atoms with Gasteiger partial charge in [-0.25, -0.2) is 9.78 Å². The Hall–Kier alpha value is -2.75. The average Bonchev–Trinajstić information content (AvgIpc) is 2.53. The molecule has 0 aliphatic heterocycles. The van der Waals surface area contributed by atoms with E-state index in [0.29, 0.717) is 28.2 Å². The summed E-state index contributed by atoms with van der Waals surface area (Å²) < 4.78 is 0. The van der Waals surface area contributed by atoms with Gasteiger partial charge in [0.2, 0.25) is 0 Å². The van der Waals surface area contributed by atoms with Gasteiger partial charge >= 0.3 is 5.97 Å². The van der Waals surface area contributed by atoms with Crippen LogP contribution in [0.3, 0.4) is 0 Å². The highest BCUT2D eigenvalue weighted by molar-refractivity contribution is 6.03. The number of rotatable bonds is 3. The van der Waals surface area contributed by atoms with Crippen LogP contribution >= 0.6 is 0 Å². The van der Waals surface area contributed by atoms with Crippen molar-refractivity contribution >= 4 is 16.9 Å². The zero-order valence-corrected chi connectivity index (χ0v) is 12.4. The molecule has 0 fully saturated rings. The molecule has 2 heterocycles. The second-order valence-corrected chi connectivity index (χ2v) is 5.51. The summed E-state index contributed by atoms with van der Waals surface area (Å²) in [7, 11) is 0. The van der Waals surface area contributed by atoms with E-state index in [4.69, 9.17) is 0 Å². The number of carbonyl (C=O) groups is 1. The zero-order valence-electron chi connectivity index (χ0n) is 12.4. The van der Waals surface area contributed by atoms with Crippen molar-refractivity contribution in [3.8, 4) is 11.4 Å². The van der Waals surface area contributed by atoms with E-state index in [1.54, 1.807) is 12.3 Å².